The van der Waals surface area contributed by atoms with Crippen molar-refractivity contribution in [2.75, 3.05) is 6.54 Å². The maximum atomic E-state index is 14.0. The normalized spacial score (nSPS) is 11.2. The summed E-state index contributed by atoms with van der Waals surface area (Å²) in [6.07, 6.45) is -4.26. The number of carbonyl (C=O) groups is 3. The molecule has 0 saturated heterocycles. The van der Waals surface area contributed by atoms with Gasteiger partial charge in [-0.15, -0.1) is 0 Å². The summed E-state index contributed by atoms with van der Waals surface area (Å²) in [6.45, 7) is -0.483. The maximum absolute atomic E-state index is 14.0. The van der Waals surface area contributed by atoms with Crippen LogP contribution in [0.3, 0.4) is 0 Å². The molecule has 3 amide bonds. The lowest BCUT2D eigenvalue weighted by Gasteiger charge is -2.13. The van der Waals surface area contributed by atoms with E-state index in [2.05, 4.69) is 15.7 Å². The number of primary amides is 1. The number of rotatable bonds is 7. The standard InChI is InChI=1S/C21H17F4N5O3/c22-15-3-1-2-4-16(15)30-18(21(23,24)25)14(10-29-30)20(33)27-9-12-5-7-13(8-6-12)19(32)28-11-17(26)31/h1-8,10H,9,11H2,(H2,26,31)(H,27,33)(H,28,32). The molecule has 1 aromatic heterocycles. The van der Waals surface area contributed by atoms with Crippen LogP contribution < -0.4 is 16.4 Å². The van der Waals surface area contributed by atoms with Gasteiger partial charge in [0.15, 0.2) is 5.69 Å². The molecule has 0 aliphatic rings. The van der Waals surface area contributed by atoms with Gasteiger partial charge < -0.3 is 16.4 Å². The molecule has 0 saturated carbocycles. The van der Waals surface area contributed by atoms with E-state index in [4.69, 9.17) is 5.73 Å². The molecular formula is C21H17F4N5O3. The van der Waals surface area contributed by atoms with Crippen molar-refractivity contribution >= 4 is 17.7 Å². The van der Waals surface area contributed by atoms with Crippen LogP contribution in [0.1, 0.15) is 32.0 Å². The van der Waals surface area contributed by atoms with Gasteiger partial charge >= 0.3 is 6.18 Å². The van der Waals surface area contributed by atoms with Gasteiger partial charge in [0.1, 0.15) is 11.5 Å². The van der Waals surface area contributed by atoms with Gasteiger partial charge in [-0.05, 0) is 29.8 Å². The molecule has 0 atom stereocenters. The highest BCUT2D eigenvalue weighted by molar-refractivity contribution is 5.96. The monoisotopic (exact) mass is 463 g/mol. The molecule has 3 rings (SSSR count). The fraction of sp³-hybridized carbons (Fsp3) is 0.143. The van der Waals surface area contributed by atoms with E-state index < -0.39 is 46.7 Å². The highest BCUT2D eigenvalue weighted by atomic mass is 19.4. The third-order valence-corrected chi connectivity index (χ3v) is 4.46. The fourth-order valence-electron chi connectivity index (χ4n) is 2.91. The minimum absolute atomic E-state index is 0.149. The molecule has 1 heterocycles. The maximum Gasteiger partial charge on any atom is 0.434 e. The third kappa shape index (κ3) is 5.53. The Balaban J connectivity index is 1.75. The molecular weight excluding hydrogens is 446 g/mol. The second kappa shape index (κ2) is 9.51. The number of alkyl halides is 3. The van der Waals surface area contributed by atoms with Gasteiger partial charge in [-0.1, -0.05) is 24.3 Å². The first kappa shape index (κ1) is 23.4. The summed E-state index contributed by atoms with van der Waals surface area (Å²) in [7, 11) is 0. The predicted molar refractivity (Wildman–Crippen MR) is 108 cm³/mol. The largest absolute Gasteiger partial charge is 0.434 e. The predicted octanol–water partition coefficient (Wildman–Crippen LogP) is 2.18. The number of benzene rings is 2. The van der Waals surface area contributed by atoms with Crippen LogP contribution in [0, 0.1) is 5.82 Å². The van der Waals surface area contributed by atoms with Crippen LogP contribution in [-0.2, 0) is 17.5 Å². The number of para-hydroxylation sites is 1. The molecule has 2 aromatic carbocycles. The number of halogens is 4. The van der Waals surface area contributed by atoms with Crippen LogP contribution in [0.2, 0.25) is 0 Å². The van der Waals surface area contributed by atoms with E-state index in [1.165, 1.54) is 36.4 Å². The zero-order valence-corrected chi connectivity index (χ0v) is 16.8. The van der Waals surface area contributed by atoms with Crippen molar-refractivity contribution in [1.82, 2.24) is 20.4 Å². The molecule has 12 heteroatoms. The molecule has 0 spiro atoms. The third-order valence-electron chi connectivity index (χ3n) is 4.46. The minimum Gasteiger partial charge on any atom is -0.368 e. The number of hydrogen-bond acceptors (Lipinski definition) is 4. The zero-order valence-electron chi connectivity index (χ0n) is 16.8. The Morgan fingerprint density at radius 2 is 1.64 bits per heavy atom. The number of nitrogens with zero attached hydrogens (tertiary/aromatic N) is 2. The Morgan fingerprint density at radius 3 is 2.24 bits per heavy atom. The van der Waals surface area contributed by atoms with Crippen LogP contribution in [0.15, 0.2) is 54.7 Å². The first-order valence-corrected chi connectivity index (χ1v) is 9.41. The SMILES string of the molecule is NC(=O)CNC(=O)c1ccc(CNC(=O)c2cnn(-c3ccccc3F)c2C(F)(F)F)cc1. The lowest BCUT2D eigenvalue weighted by molar-refractivity contribution is -0.143. The molecule has 0 fully saturated rings. The summed E-state index contributed by atoms with van der Waals surface area (Å²) in [4.78, 5) is 35.0. The van der Waals surface area contributed by atoms with E-state index in [1.54, 1.807) is 0 Å². The Bertz CT molecular complexity index is 1190. The molecule has 0 aliphatic heterocycles. The number of hydrogen-bond donors (Lipinski definition) is 3. The van der Waals surface area contributed by atoms with Crippen LogP contribution >= 0.6 is 0 Å². The van der Waals surface area contributed by atoms with Crippen LogP contribution in [0.5, 0.6) is 0 Å². The Kier molecular flexibility index (Phi) is 6.75. The first-order valence-electron chi connectivity index (χ1n) is 9.41. The Labute approximate surface area is 184 Å². The van der Waals surface area contributed by atoms with Crippen molar-refractivity contribution in [2.24, 2.45) is 5.73 Å². The minimum atomic E-state index is -4.98. The van der Waals surface area contributed by atoms with Gasteiger partial charge in [0, 0.05) is 12.1 Å². The second-order valence-corrected chi connectivity index (χ2v) is 6.80. The molecule has 4 N–H and O–H groups in total. The molecule has 0 bridgehead atoms. The quantitative estimate of drug-likeness (QED) is 0.466. The van der Waals surface area contributed by atoms with Crippen molar-refractivity contribution < 1.29 is 31.9 Å². The molecule has 0 aliphatic carbocycles. The summed E-state index contributed by atoms with van der Waals surface area (Å²) >= 11 is 0. The van der Waals surface area contributed by atoms with Gasteiger partial charge in [-0.25, -0.2) is 9.07 Å². The van der Waals surface area contributed by atoms with Crippen molar-refractivity contribution in [3.63, 3.8) is 0 Å². The van der Waals surface area contributed by atoms with E-state index in [0.29, 0.717) is 10.2 Å². The van der Waals surface area contributed by atoms with Gasteiger partial charge in [-0.3, -0.25) is 14.4 Å². The fourth-order valence-corrected chi connectivity index (χ4v) is 2.91. The topological polar surface area (TPSA) is 119 Å². The summed E-state index contributed by atoms with van der Waals surface area (Å²) in [5.41, 5.74) is 3.03. The van der Waals surface area contributed by atoms with Crippen molar-refractivity contribution in [3.8, 4) is 5.69 Å². The molecule has 0 radical (unpaired) electrons. The number of amides is 3. The number of carbonyl (C=O) groups excluding carboxylic acids is 3. The molecule has 0 unspecified atom stereocenters. The van der Waals surface area contributed by atoms with Crippen molar-refractivity contribution in [2.45, 2.75) is 12.7 Å². The first-order chi connectivity index (χ1) is 15.6. The van der Waals surface area contributed by atoms with Gasteiger partial charge in [0.25, 0.3) is 11.8 Å². The van der Waals surface area contributed by atoms with E-state index in [1.807, 2.05) is 0 Å². The molecule has 33 heavy (non-hydrogen) atoms. The second-order valence-electron chi connectivity index (χ2n) is 6.80. The zero-order chi connectivity index (χ0) is 24.2. The van der Waals surface area contributed by atoms with Crippen LogP contribution in [0.25, 0.3) is 5.69 Å². The summed E-state index contributed by atoms with van der Waals surface area (Å²) in [5, 5.41) is 8.22. The number of aromatic nitrogens is 2. The molecule has 172 valence electrons. The Morgan fingerprint density at radius 1 is 0.970 bits per heavy atom. The number of nitrogens with one attached hydrogen (secondary N) is 2. The van der Waals surface area contributed by atoms with Crippen molar-refractivity contribution in [3.05, 3.63) is 82.9 Å². The summed E-state index contributed by atoms with van der Waals surface area (Å²) in [5.74, 6) is -3.25. The summed E-state index contributed by atoms with van der Waals surface area (Å²) < 4.78 is 55.4. The van der Waals surface area contributed by atoms with Gasteiger partial charge in [0.2, 0.25) is 5.91 Å². The average molecular weight is 463 g/mol. The van der Waals surface area contributed by atoms with Gasteiger partial charge in [-0.2, -0.15) is 18.3 Å². The molecule has 8 nitrogen and oxygen atoms in total. The van der Waals surface area contributed by atoms with Crippen LogP contribution in [0.4, 0.5) is 17.6 Å². The van der Waals surface area contributed by atoms with E-state index in [-0.39, 0.29) is 18.7 Å². The summed E-state index contributed by atoms with van der Waals surface area (Å²) in [6, 6.07) is 10.5. The van der Waals surface area contributed by atoms with Gasteiger partial charge in [0.05, 0.1) is 18.3 Å². The smallest absolute Gasteiger partial charge is 0.368 e. The lowest BCUT2D eigenvalue weighted by atomic mass is 10.1. The van der Waals surface area contributed by atoms with E-state index in [0.717, 1.165) is 18.3 Å². The van der Waals surface area contributed by atoms with Crippen LogP contribution in [-0.4, -0.2) is 34.0 Å². The Hall–Kier alpha value is -4.22. The number of nitrogens with two attached hydrogens (primary N) is 1. The van der Waals surface area contributed by atoms with E-state index in [9.17, 15) is 31.9 Å². The molecule has 3 aromatic rings. The van der Waals surface area contributed by atoms with Crippen molar-refractivity contribution in [1.29, 1.82) is 0 Å². The highest BCUT2D eigenvalue weighted by Gasteiger charge is 2.41. The lowest BCUT2D eigenvalue weighted by Crippen LogP contribution is -2.33. The highest BCUT2D eigenvalue weighted by Crippen LogP contribution is 2.34. The average Bonchev–Trinajstić information content (AvgIpc) is 3.22. The van der Waals surface area contributed by atoms with E-state index >= 15 is 0 Å².